The molecule has 0 saturated heterocycles. The van der Waals surface area contributed by atoms with Crippen LogP contribution < -0.4 is 31.0 Å². The van der Waals surface area contributed by atoms with Crippen LogP contribution in [0.4, 0.5) is 0 Å². The summed E-state index contributed by atoms with van der Waals surface area (Å²) in [6.45, 7) is 0. The van der Waals surface area contributed by atoms with E-state index in [1.54, 1.807) is 0 Å². The van der Waals surface area contributed by atoms with Gasteiger partial charge >= 0.3 is 12.8 Å². The van der Waals surface area contributed by atoms with E-state index in [4.69, 9.17) is 0 Å². The third-order valence-corrected chi connectivity index (χ3v) is 8.08. The van der Waals surface area contributed by atoms with Crippen molar-refractivity contribution < 1.29 is 9.19 Å². The summed E-state index contributed by atoms with van der Waals surface area (Å²) in [5, 5.41) is 0. The van der Waals surface area contributed by atoms with Crippen LogP contribution in [0.25, 0.3) is 0 Å². The molecule has 4 aromatic carbocycles. The van der Waals surface area contributed by atoms with E-state index in [0.717, 1.165) is 0 Å². The van der Waals surface area contributed by atoms with Crippen molar-refractivity contribution in [3.63, 3.8) is 0 Å². The third kappa shape index (κ3) is 2.61. The standard InChI is InChI=1S/C30H26B2N4/c1-5-15-27(16-6-1)31(28-17-7-2-8-18-28)33-23-13-25-35(33)32(29-19-9-3-10-20-29,30-21-11-4-12-22-30)36-26-14-24-34(31)36/h1-26H. The van der Waals surface area contributed by atoms with Crippen molar-refractivity contribution in [2.24, 2.45) is 0 Å². The second kappa shape index (κ2) is 7.99. The van der Waals surface area contributed by atoms with Crippen molar-refractivity contribution in [1.29, 1.82) is 0 Å². The number of hydrogen-bond acceptors (Lipinski definition) is 0. The van der Waals surface area contributed by atoms with Crippen molar-refractivity contribution >= 4 is 34.7 Å². The van der Waals surface area contributed by atoms with Gasteiger partial charge in [-0.15, -0.1) is 21.9 Å². The molecule has 0 saturated carbocycles. The van der Waals surface area contributed by atoms with Gasteiger partial charge in [0, 0.05) is 24.5 Å². The Kier molecular flexibility index (Phi) is 4.61. The van der Waals surface area contributed by atoms with Crippen LogP contribution in [-0.2, 0) is 0 Å². The lowest BCUT2D eigenvalue weighted by Crippen LogP contribution is -3.02. The molecule has 36 heavy (non-hydrogen) atoms. The van der Waals surface area contributed by atoms with E-state index in [1.807, 2.05) is 0 Å². The fourth-order valence-corrected chi connectivity index (χ4v) is 6.74. The van der Waals surface area contributed by atoms with Crippen molar-refractivity contribution in [1.82, 2.24) is 9.19 Å². The number of benzene rings is 4. The van der Waals surface area contributed by atoms with E-state index < -0.39 is 12.8 Å². The molecule has 0 unspecified atom stereocenters. The van der Waals surface area contributed by atoms with Gasteiger partial charge in [-0.2, -0.15) is 0 Å². The van der Waals surface area contributed by atoms with Gasteiger partial charge in [-0.25, -0.2) is 0 Å². The maximum atomic E-state index is 2.48. The molecular formula is C30H26B2N4. The topological polar surface area (TPSA) is 17.6 Å². The molecule has 0 spiro atoms. The lowest BCUT2D eigenvalue weighted by Gasteiger charge is -2.48. The van der Waals surface area contributed by atoms with Crippen LogP contribution >= 0.6 is 0 Å². The van der Waals surface area contributed by atoms with Crippen LogP contribution in [-0.4, -0.2) is 22.0 Å². The summed E-state index contributed by atoms with van der Waals surface area (Å²) < 4.78 is 9.91. The van der Waals surface area contributed by atoms with Crippen LogP contribution in [0.2, 0.25) is 0 Å². The first-order valence-corrected chi connectivity index (χ1v) is 12.6. The van der Waals surface area contributed by atoms with Crippen LogP contribution in [0, 0.1) is 0 Å². The van der Waals surface area contributed by atoms with Crippen molar-refractivity contribution in [2.75, 3.05) is 0 Å². The van der Waals surface area contributed by atoms with Gasteiger partial charge in [0.15, 0.2) is 0 Å². The molecule has 0 atom stereocenters. The third-order valence-electron chi connectivity index (χ3n) is 8.08. The maximum absolute atomic E-state index is 2.48. The highest BCUT2D eigenvalue weighted by molar-refractivity contribution is 6.98. The maximum Gasteiger partial charge on any atom is 0.495 e. The predicted molar refractivity (Wildman–Crippen MR) is 147 cm³/mol. The second-order valence-corrected chi connectivity index (χ2v) is 9.70. The number of nitrogens with zero attached hydrogens (tertiary/aromatic N) is 4. The SMILES string of the molecule is c1ccc([B-]2(c3ccccc3)n3ccc[n+]3[B-](c3ccccc3)(c3ccccc3)n3ccc[n+]32)cc1. The van der Waals surface area contributed by atoms with Crippen LogP contribution in [0.5, 0.6) is 0 Å². The highest BCUT2D eigenvalue weighted by Gasteiger charge is 2.60. The Morgan fingerprint density at radius 1 is 0.361 bits per heavy atom. The highest BCUT2D eigenvalue weighted by Crippen LogP contribution is 2.15. The van der Waals surface area contributed by atoms with E-state index in [0.29, 0.717) is 0 Å². The fourth-order valence-electron chi connectivity index (χ4n) is 6.74. The Morgan fingerprint density at radius 2 is 0.639 bits per heavy atom. The zero-order valence-electron chi connectivity index (χ0n) is 20.0. The molecule has 7 rings (SSSR count). The Balaban J connectivity index is 1.68. The average Bonchev–Trinajstić information content (AvgIpc) is 3.65. The van der Waals surface area contributed by atoms with Crippen LogP contribution in [0.15, 0.2) is 158 Å². The number of hydrogen-bond donors (Lipinski definition) is 0. The molecule has 1 aliphatic rings. The minimum Gasteiger partial charge on any atom is -0.334 e. The summed E-state index contributed by atoms with van der Waals surface area (Å²) in [5.74, 6) is 0. The first-order valence-electron chi connectivity index (χ1n) is 12.6. The Labute approximate surface area is 211 Å². The van der Waals surface area contributed by atoms with Gasteiger partial charge in [0.05, 0.1) is 0 Å². The normalized spacial score (nSPS) is 15.1. The summed E-state index contributed by atoms with van der Waals surface area (Å²) in [4.78, 5) is 0. The predicted octanol–water partition coefficient (Wildman–Crippen LogP) is 1.48. The average molecular weight is 464 g/mol. The molecule has 0 radical (unpaired) electrons. The molecule has 4 nitrogen and oxygen atoms in total. The smallest absolute Gasteiger partial charge is 0.334 e. The van der Waals surface area contributed by atoms with E-state index in [-0.39, 0.29) is 0 Å². The Hall–Kier alpha value is -4.57. The molecule has 0 fully saturated rings. The van der Waals surface area contributed by atoms with Crippen LogP contribution in [0.3, 0.4) is 0 Å². The zero-order valence-corrected chi connectivity index (χ0v) is 20.0. The zero-order chi connectivity index (χ0) is 24.0. The second-order valence-electron chi connectivity index (χ2n) is 9.70. The highest BCUT2D eigenvalue weighted by atomic mass is 15.5. The summed E-state index contributed by atoms with van der Waals surface area (Å²) in [5.41, 5.74) is 5.02. The number of fused-ring (bicyclic) bond motifs is 2. The van der Waals surface area contributed by atoms with Crippen molar-refractivity contribution in [3.8, 4) is 0 Å². The van der Waals surface area contributed by atoms with Gasteiger partial charge in [-0.05, 0) is 0 Å². The molecule has 1 aliphatic heterocycles. The molecule has 0 amide bonds. The Bertz CT molecular complexity index is 1380. The van der Waals surface area contributed by atoms with Gasteiger partial charge in [0.2, 0.25) is 0 Å². The first-order chi connectivity index (χ1) is 17.9. The molecule has 0 bridgehead atoms. The van der Waals surface area contributed by atoms with Crippen LogP contribution in [0.1, 0.15) is 0 Å². The summed E-state index contributed by atoms with van der Waals surface area (Å²) in [7, 11) is 0. The fraction of sp³-hybridized carbons (Fsp3) is 0. The van der Waals surface area contributed by atoms with E-state index in [9.17, 15) is 0 Å². The van der Waals surface area contributed by atoms with E-state index in [1.165, 1.54) is 21.9 Å². The molecule has 0 aliphatic carbocycles. The molecule has 3 heterocycles. The lowest BCUT2D eigenvalue weighted by atomic mass is 9.32. The Morgan fingerprint density at radius 3 is 0.917 bits per heavy atom. The summed E-state index contributed by atoms with van der Waals surface area (Å²) in [6.07, 6.45) is 5.81. The monoisotopic (exact) mass is 464 g/mol. The molecule has 0 N–H and O–H groups in total. The van der Waals surface area contributed by atoms with Crippen molar-refractivity contribution in [2.45, 2.75) is 0 Å². The number of aromatic nitrogens is 4. The lowest BCUT2D eigenvalue weighted by molar-refractivity contribution is -0.708. The van der Waals surface area contributed by atoms with E-state index >= 15 is 0 Å². The quantitative estimate of drug-likeness (QED) is 0.352. The first kappa shape index (κ1) is 20.8. The minimum absolute atomic E-state index is 1.25. The molecule has 6 heteroatoms. The van der Waals surface area contributed by atoms with Gasteiger partial charge in [0.25, 0.3) is 0 Å². The minimum atomic E-state index is -1.58. The molecular weight excluding hydrogens is 438 g/mol. The van der Waals surface area contributed by atoms with Gasteiger partial charge < -0.3 is 9.19 Å². The summed E-state index contributed by atoms with van der Waals surface area (Å²) >= 11 is 0. The molecule has 172 valence electrons. The van der Waals surface area contributed by atoms with Gasteiger partial charge in [-0.1, -0.05) is 121 Å². The molecule has 6 aromatic rings. The number of rotatable bonds is 4. The van der Waals surface area contributed by atoms with Gasteiger partial charge in [0.1, 0.15) is 12.4 Å². The largest absolute Gasteiger partial charge is 0.495 e. The van der Waals surface area contributed by atoms with Gasteiger partial charge in [-0.3, -0.25) is 9.19 Å². The summed E-state index contributed by atoms with van der Waals surface area (Å²) in [6, 6.07) is 47.9. The van der Waals surface area contributed by atoms with Crippen molar-refractivity contribution in [3.05, 3.63) is 158 Å². The molecule has 2 aromatic heterocycles. The van der Waals surface area contributed by atoms with E-state index in [2.05, 4.69) is 177 Å².